The van der Waals surface area contributed by atoms with E-state index < -0.39 is 0 Å². The van der Waals surface area contributed by atoms with E-state index in [9.17, 15) is 4.79 Å². The number of aromatic nitrogens is 4. The molecule has 7 nitrogen and oxygen atoms in total. The number of urea groups is 1. The molecule has 2 aromatic heterocycles. The molecule has 3 heterocycles. The van der Waals surface area contributed by atoms with Gasteiger partial charge in [-0.25, -0.2) is 9.78 Å². The van der Waals surface area contributed by atoms with Gasteiger partial charge >= 0.3 is 6.03 Å². The summed E-state index contributed by atoms with van der Waals surface area (Å²) < 4.78 is 2.06. The van der Waals surface area contributed by atoms with Crippen LogP contribution in [0.1, 0.15) is 41.8 Å². The van der Waals surface area contributed by atoms with Crippen LogP contribution in [0.4, 0.5) is 10.5 Å². The number of amides is 2. The Morgan fingerprint density at radius 2 is 1.90 bits per heavy atom. The molecule has 1 fully saturated rings. The van der Waals surface area contributed by atoms with Crippen molar-refractivity contribution in [2.75, 3.05) is 11.9 Å². The molecule has 1 aromatic carbocycles. The molecule has 1 aliphatic rings. The number of carbonyl (C=O) groups is 1. The Morgan fingerprint density at radius 3 is 2.63 bits per heavy atom. The maximum absolute atomic E-state index is 13.0. The molecule has 1 saturated heterocycles. The predicted octanol–water partition coefficient (Wildman–Crippen LogP) is 5.01. The molecule has 0 spiro atoms. The highest BCUT2D eigenvalue weighted by Crippen LogP contribution is 2.32. The summed E-state index contributed by atoms with van der Waals surface area (Å²) in [7, 11) is 0. The molecule has 0 saturated carbocycles. The van der Waals surface area contributed by atoms with Crippen molar-refractivity contribution in [3.05, 3.63) is 69.5 Å². The third kappa shape index (κ3) is 4.27. The van der Waals surface area contributed by atoms with Crippen molar-refractivity contribution in [2.24, 2.45) is 0 Å². The van der Waals surface area contributed by atoms with Gasteiger partial charge in [0.1, 0.15) is 5.82 Å². The summed E-state index contributed by atoms with van der Waals surface area (Å²) in [5.74, 6) is 1.58. The second kappa shape index (κ2) is 8.62. The molecule has 0 radical (unpaired) electrons. The largest absolute Gasteiger partial charge is 0.322 e. The minimum Gasteiger partial charge on any atom is -0.314 e. The summed E-state index contributed by atoms with van der Waals surface area (Å²) >= 11 is 12.2. The Labute approximate surface area is 185 Å². The van der Waals surface area contributed by atoms with Crippen LogP contribution in [0.2, 0.25) is 10.2 Å². The third-order valence-electron chi connectivity index (χ3n) is 5.26. The summed E-state index contributed by atoms with van der Waals surface area (Å²) in [6, 6.07) is 10.9. The summed E-state index contributed by atoms with van der Waals surface area (Å²) in [5.41, 5.74) is 2.38. The fraction of sp³-hybridized carbons (Fsp3) is 0.333. The molecule has 4 rings (SSSR count). The van der Waals surface area contributed by atoms with Gasteiger partial charge in [-0.15, -0.1) is 10.2 Å². The lowest BCUT2D eigenvalue weighted by atomic mass is 10.2. The van der Waals surface area contributed by atoms with E-state index in [2.05, 4.69) is 25.1 Å². The van der Waals surface area contributed by atoms with E-state index >= 15 is 0 Å². The van der Waals surface area contributed by atoms with Gasteiger partial charge in [0.15, 0.2) is 11.0 Å². The first-order valence-corrected chi connectivity index (χ1v) is 10.5. The van der Waals surface area contributed by atoms with Crippen LogP contribution in [0.5, 0.6) is 0 Å². The number of aryl methyl sites for hydroxylation is 2. The highest BCUT2D eigenvalue weighted by atomic mass is 35.5. The molecule has 30 heavy (non-hydrogen) atoms. The Hall–Kier alpha value is -2.64. The van der Waals surface area contributed by atoms with E-state index in [1.54, 1.807) is 11.0 Å². The lowest BCUT2D eigenvalue weighted by molar-refractivity contribution is 0.204. The summed E-state index contributed by atoms with van der Waals surface area (Å²) in [6.07, 6.45) is 1.72. The van der Waals surface area contributed by atoms with Crippen LogP contribution < -0.4 is 5.32 Å². The minimum atomic E-state index is -0.219. The normalized spacial score (nSPS) is 16.1. The van der Waals surface area contributed by atoms with E-state index in [4.69, 9.17) is 23.2 Å². The lowest BCUT2D eigenvalue weighted by Gasteiger charge is -2.25. The van der Waals surface area contributed by atoms with Crippen LogP contribution in [-0.4, -0.2) is 37.2 Å². The molecule has 1 aliphatic heterocycles. The molecule has 0 bridgehead atoms. The number of benzene rings is 1. The van der Waals surface area contributed by atoms with Crippen LogP contribution in [0.15, 0.2) is 36.4 Å². The Bertz CT molecular complexity index is 1070. The molecule has 3 aromatic rings. The second-order valence-electron chi connectivity index (χ2n) is 7.39. The van der Waals surface area contributed by atoms with Gasteiger partial charge in [-0.2, -0.15) is 0 Å². The zero-order valence-corrected chi connectivity index (χ0v) is 18.3. The molecule has 1 atom stereocenters. The lowest BCUT2D eigenvalue weighted by Crippen LogP contribution is -2.35. The third-order valence-corrected chi connectivity index (χ3v) is 5.80. The van der Waals surface area contributed by atoms with Gasteiger partial charge in [-0.1, -0.05) is 35.3 Å². The van der Waals surface area contributed by atoms with Gasteiger partial charge in [-0.05, 0) is 56.5 Å². The standard InChI is InChI=1S/C21H22Cl2N6O/c1-13-5-10-17(19(23)24-13)25-21(30)28-11-3-4-18(28)20-27-26-14(2)29(20)12-15-6-8-16(22)9-7-15/h5-10,18H,3-4,11-12H2,1-2H3,(H,25,30)/t18-/m1/s1. The molecule has 156 valence electrons. The van der Waals surface area contributed by atoms with Crippen LogP contribution in [0, 0.1) is 13.8 Å². The van der Waals surface area contributed by atoms with Gasteiger partial charge in [0, 0.05) is 17.3 Å². The van der Waals surface area contributed by atoms with Gasteiger partial charge in [0.25, 0.3) is 0 Å². The van der Waals surface area contributed by atoms with E-state index in [1.807, 2.05) is 44.2 Å². The number of likely N-dealkylation sites (tertiary alicyclic amines) is 1. The average molecular weight is 445 g/mol. The van der Waals surface area contributed by atoms with Crippen molar-refractivity contribution in [1.82, 2.24) is 24.6 Å². The van der Waals surface area contributed by atoms with E-state index in [1.165, 1.54) is 0 Å². The number of anilines is 1. The monoisotopic (exact) mass is 444 g/mol. The van der Waals surface area contributed by atoms with Crippen molar-refractivity contribution in [2.45, 2.75) is 39.3 Å². The van der Waals surface area contributed by atoms with Crippen LogP contribution in [0.25, 0.3) is 0 Å². The first-order chi connectivity index (χ1) is 14.4. The smallest absolute Gasteiger partial charge is 0.314 e. The molecular formula is C21H22Cl2N6O. The highest BCUT2D eigenvalue weighted by molar-refractivity contribution is 6.32. The van der Waals surface area contributed by atoms with Crippen molar-refractivity contribution >= 4 is 34.9 Å². The molecule has 9 heteroatoms. The molecule has 0 aliphatic carbocycles. The van der Waals surface area contributed by atoms with E-state index in [0.717, 1.165) is 35.7 Å². The maximum atomic E-state index is 13.0. The molecular weight excluding hydrogens is 423 g/mol. The number of hydrogen-bond donors (Lipinski definition) is 1. The molecule has 2 amide bonds. The summed E-state index contributed by atoms with van der Waals surface area (Å²) in [6.45, 7) is 5.03. The minimum absolute atomic E-state index is 0.157. The number of halogens is 2. The van der Waals surface area contributed by atoms with Crippen LogP contribution in [0.3, 0.4) is 0 Å². The predicted molar refractivity (Wildman–Crippen MR) is 117 cm³/mol. The Balaban J connectivity index is 1.56. The topological polar surface area (TPSA) is 75.9 Å². The maximum Gasteiger partial charge on any atom is 0.322 e. The van der Waals surface area contributed by atoms with Crippen molar-refractivity contribution in [3.63, 3.8) is 0 Å². The number of pyridine rings is 1. The number of nitrogens with zero attached hydrogens (tertiary/aromatic N) is 5. The first kappa shape index (κ1) is 20.6. The number of rotatable bonds is 4. The van der Waals surface area contributed by atoms with Crippen molar-refractivity contribution in [1.29, 1.82) is 0 Å². The number of nitrogens with one attached hydrogen (secondary N) is 1. The van der Waals surface area contributed by atoms with Gasteiger partial charge in [0.2, 0.25) is 0 Å². The van der Waals surface area contributed by atoms with Gasteiger partial charge in [0.05, 0.1) is 18.3 Å². The second-order valence-corrected chi connectivity index (χ2v) is 8.19. The fourth-order valence-corrected chi connectivity index (χ4v) is 4.06. The summed E-state index contributed by atoms with van der Waals surface area (Å²) in [5, 5.41) is 12.5. The number of hydrogen-bond acceptors (Lipinski definition) is 4. The van der Waals surface area contributed by atoms with Gasteiger partial charge < -0.3 is 14.8 Å². The highest BCUT2D eigenvalue weighted by Gasteiger charge is 2.34. The quantitative estimate of drug-likeness (QED) is 0.573. The first-order valence-electron chi connectivity index (χ1n) is 9.77. The Morgan fingerprint density at radius 1 is 1.13 bits per heavy atom. The van der Waals surface area contributed by atoms with E-state index in [0.29, 0.717) is 23.8 Å². The fourth-order valence-electron chi connectivity index (χ4n) is 3.70. The van der Waals surface area contributed by atoms with Crippen LogP contribution >= 0.6 is 23.2 Å². The summed E-state index contributed by atoms with van der Waals surface area (Å²) in [4.78, 5) is 19.0. The molecule has 1 N–H and O–H groups in total. The zero-order chi connectivity index (χ0) is 21.3. The van der Waals surface area contributed by atoms with Crippen molar-refractivity contribution in [3.8, 4) is 0 Å². The number of carbonyl (C=O) groups excluding carboxylic acids is 1. The Kier molecular flexibility index (Phi) is 5.92. The average Bonchev–Trinajstić information content (AvgIpc) is 3.33. The zero-order valence-electron chi connectivity index (χ0n) is 16.8. The molecule has 0 unspecified atom stereocenters. The van der Waals surface area contributed by atoms with Crippen LogP contribution in [-0.2, 0) is 6.54 Å². The van der Waals surface area contributed by atoms with Gasteiger partial charge in [-0.3, -0.25) is 0 Å². The van der Waals surface area contributed by atoms with Crippen molar-refractivity contribution < 1.29 is 4.79 Å². The van der Waals surface area contributed by atoms with E-state index in [-0.39, 0.29) is 17.2 Å². The SMILES string of the molecule is Cc1ccc(NC(=O)N2CCC[C@@H]2c2nnc(C)n2Cc2ccc(Cl)cc2)c(Cl)n1.